The molecule has 0 bridgehead atoms. The van der Waals surface area contributed by atoms with Gasteiger partial charge in [0.1, 0.15) is 0 Å². The summed E-state index contributed by atoms with van der Waals surface area (Å²) in [6.07, 6.45) is 5.49. The summed E-state index contributed by atoms with van der Waals surface area (Å²) in [4.78, 5) is 0. The molecule has 1 nitrogen and oxygen atoms in total. The van der Waals surface area contributed by atoms with Crippen LogP contribution in [0.1, 0.15) is 49.7 Å². The van der Waals surface area contributed by atoms with E-state index in [4.69, 9.17) is 5.73 Å². The molecule has 1 fully saturated rings. The molecule has 1 aromatic carbocycles. The molecule has 0 aliphatic heterocycles. The van der Waals surface area contributed by atoms with Crippen molar-refractivity contribution in [3.05, 3.63) is 29.3 Å². The fraction of sp³-hybridized carbons (Fsp3) is 0.571. The second kappa shape index (κ2) is 4.26. The molecular weight excluding hydrogens is 182 g/mol. The number of benzene rings is 1. The molecule has 1 saturated carbocycles. The third-order valence-electron chi connectivity index (χ3n) is 3.93. The zero-order chi connectivity index (χ0) is 10.8. The van der Waals surface area contributed by atoms with E-state index in [0.29, 0.717) is 0 Å². The van der Waals surface area contributed by atoms with E-state index in [1.165, 1.54) is 36.8 Å². The molecule has 0 heterocycles. The highest BCUT2D eigenvalue weighted by molar-refractivity contribution is 5.51. The summed E-state index contributed by atoms with van der Waals surface area (Å²) in [7, 11) is 0. The second-order valence-corrected chi connectivity index (χ2v) is 4.93. The molecule has 1 aromatic rings. The van der Waals surface area contributed by atoms with Crippen LogP contribution in [0.15, 0.2) is 18.2 Å². The smallest absolute Gasteiger partial charge is 0.0346 e. The van der Waals surface area contributed by atoms with E-state index < -0.39 is 0 Å². The van der Waals surface area contributed by atoms with Crippen LogP contribution in [0, 0.1) is 12.8 Å². The van der Waals surface area contributed by atoms with Gasteiger partial charge in [-0.25, -0.2) is 0 Å². The Bertz CT molecular complexity index is 343. The van der Waals surface area contributed by atoms with Crippen LogP contribution in [0.3, 0.4) is 0 Å². The van der Waals surface area contributed by atoms with Gasteiger partial charge in [-0.05, 0) is 42.4 Å². The van der Waals surface area contributed by atoms with Crippen molar-refractivity contribution in [3.63, 3.8) is 0 Å². The van der Waals surface area contributed by atoms with Gasteiger partial charge in [-0.3, -0.25) is 0 Å². The van der Waals surface area contributed by atoms with Gasteiger partial charge in [-0.15, -0.1) is 0 Å². The van der Waals surface area contributed by atoms with E-state index in [-0.39, 0.29) is 0 Å². The fourth-order valence-corrected chi connectivity index (χ4v) is 2.85. The standard InChI is InChI=1S/C14H21N/c1-10-6-3-4-7-12(10)13-8-5-9-14(15)11(13)2/h5,8-10,12H,3-4,6-7,15H2,1-2H3/t10-,12-/m1/s1. The number of nitrogens with two attached hydrogens (primary N) is 1. The third kappa shape index (κ3) is 2.01. The first-order valence-corrected chi connectivity index (χ1v) is 6.05. The highest BCUT2D eigenvalue weighted by Crippen LogP contribution is 2.39. The molecule has 2 N–H and O–H groups in total. The van der Waals surface area contributed by atoms with Gasteiger partial charge >= 0.3 is 0 Å². The Hall–Kier alpha value is -0.980. The first kappa shape index (κ1) is 10.5. The first-order valence-electron chi connectivity index (χ1n) is 6.05. The van der Waals surface area contributed by atoms with Gasteiger partial charge in [0.15, 0.2) is 0 Å². The summed E-state index contributed by atoms with van der Waals surface area (Å²) in [6, 6.07) is 6.36. The molecule has 0 aromatic heterocycles. The summed E-state index contributed by atoms with van der Waals surface area (Å²) >= 11 is 0. The van der Waals surface area contributed by atoms with Crippen LogP contribution in [0.2, 0.25) is 0 Å². The van der Waals surface area contributed by atoms with Gasteiger partial charge in [0, 0.05) is 5.69 Å². The van der Waals surface area contributed by atoms with Crippen molar-refractivity contribution < 1.29 is 0 Å². The summed E-state index contributed by atoms with van der Waals surface area (Å²) in [6.45, 7) is 4.54. The van der Waals surface area contributed by atoms with Gasteiger partial charge < -0.3 is 5.73 Å². The SMILES string of the molecule is Cc1c(N)cccc1[C@@H]1CCCC[C@H]1C. The first-order chi connectivity index (χ1) is 7.20. The third-order valence-corrected chi connectivity index (χ3v) is 3.93. The van der Waals surface area contributed by atoms with Crippen molar-refractivity contribution in [2.75, 3.05) is 5.73 Å². The highest BCUT2D eigenvalue weighted by Gasteiger charge is 2.24. The molecule has 1 heteroatoms. The van der Waals surface area contributed by atoms with Gasteiger partial charge in [0.25, 0.3) is 0 Å². The van der Waals surface area contributed by atoms with Crippen molar-refractivity contribution >= 4 is 5.69 Å². The maximum absolute atomic E-state index is 5.97. The lowest BCUT2D eigenvalue weighted by Crippen LogP contribution is -2.16. The Balaban J connectivity index is 2.31. The molecule has 15 heavy (non-hydrogen) atoms. The summed E-state index contributed by atoms with van der Waals surface area (Å²) < 4.78 is 0. The van der Waals surface area contributed by atoms with E-state index in [0.717, 1.165) is 17.5 Å². The summed E-state index contributed by atoms with van der Waals surface area (Å²) in [5, 5.41) is 0. The predicted molar refractivity (Wildman–Crippen MR) is 66.0 cm³/mol. The number of hydrogen-bond donors (Lipinski definition) is 1. The van der Waals surface area contributed by atoms with Crippen molar-refractivity contribution in [1.29, 1.82) is 0 Å². The lowest BCUT2D eigenvalue weighted by Gasteiger charge is -2.30. The zero-order valence-corrected chi connectivity index (χ0v) is 9.79. The van der Waals surface area contributed by atoms with Crippen molar-refractivity contribution in [3.8, 4) is 0 Å². The maximum atomic E-state index is 5.97. The normalized spacial score (nSPS) is 26.5. The van der Waals surface area contributed by atoms with E-state index in [2.05, 4.69) is 26.0 Å². The van der Waals surface area contributed by atoms with Crippen LogP contribution >= 0.6 is 0 Å². The lowest BCUT2D eigenvalue weighted by atomic mass is 9.75. The average Bonchev–Trinajstić information content (AvgIpc) is 2.23. The maximum Gasteiger partial charge on any atom is 0.0346 e. The van der Waals surface area contributed by atoms with Gasteiger partial charge in [-0.2, -0.15) is 0 Å². The van der Waals surface area contributed by atoms with Crippen molar-refractivity contribution in [2.24, 2.45) is 5.92 Å². The fourth-order valence-electron chi connectivity index (χ4n) is 2.85. The van der Waals surface area contributed by atoms with Gasteiger partial charge in [0.05, 0.1) is 0 Å². The van der Waals surface area contributed by atoms with E-state index >= 15 is 0 Å². The minimum Gasteiger partial charge on any atom is -0.399 e. The average molecular weight is 203 g/mol. The molecule has 2 atom stereocenters. The predicted octanol–water partition coefficient (Wildman–Crippen LogP) is 3.87. The van der Waals surface area contributed by atoms with Crippen LogP contribution in [0.25, 0.3) is 0 Å². The minimum absolute atomic E-state index is 0.738. The lowest BCUT2D eigenvalue weighted by molar-refractivity contribution is 0.330. The number of nitrogen functional groups attached to an aromatic ring is 1. The Kier molecular flexibility index (Phi) is 2.99. The highest BCUT2D eigenvalue weighted by atomic mass is 14.6. The molecule has 0 amide bonds. The van der Waals surface area contributed by atoms with Crippen LogP contribution < -0.4 is 5.73 Å². The molecular formula is C14H21N. The molecule has 0 saturated heterocycles. The quantitative estimate of drug-likeness (QED) is 0.689. The molecule has 2 rings (SSSR count). The Morgan fingerprint density at radius 3 is 2.67 bits per heavy atom. The Morgan fingerprint density at radius 2 is 1.93 bits per heavy atom. The number of hydrogen-bond acceptors (Lipinski definition) is 1. The Labute approximate surface area is 92.7 Å². The zero-order valence-electron chi connectivity index (χ0n) is 9.79. The minimum atomic E-state index is 0.738. The van der Waals surface area contributed by atoms with Gasteiger partial charge in [-0.1, -0.05) is 38.3 Å². The largest absolute Gasteiger partial charge is 0.399 e. The van der Waals surface area contributed by atoms with Gasteiger partial charge in [0.2, 0.25) is 0 Å². The van der Waals surface area contributed by atoms with Crippen molar-refractivity contribution in [1.82, 2.24) is 0 Å². The van der Waals surface area contributed by atoms with Crippen LogP contribution in [-0.2, 0) is 0 Å². The molecule has 1 aliphatic carbocycles. The van der Waals surface area contributed by atoms with Crippen molar-refractivity contribution in [2.45, 2.75) is 45.4 Å². The number of anilines is 1. The molecule has 0 radical (unpaired) electrons. The molecule has 0 unspecified atom stereocenters. The monoisotopic (exact) mass is 203 g/mol. The van der Waals surface area contributed by atoms with Crippen LogP contribution in [0.5, 0.6) is 0 Å². The molecule has 0 spiro atoms. The van der Waals surface area contributed by atoms with E-state index in [1.54, 1.807) is 0 Å². The van der Waals surface area contributed by atoms with Crippen LogP contribution in [0.4, 0.5) is 5.69 Å². The molecule has 82 valence electrons. The summed E-state index contributed by atoms with van der Waals surface area (Å²) in [5.41, 5.74) is 9.71. The molecule has 1 aliphatic rings. The topological polar surface area (TPSA) is 26.0 Å². The van der Waals surface area contributed by atoms with E-state index in [9.17, 15) is 0 Å². The Morgan fingerprint density at radius 1 is 1.20 bits per heavy atom. The van der Waals surface area contributed by atoms with Crippen LogP contribution in [-0.4, -0.2) is 0 Å². The second-order valence-electron chi connectivity index (χ2n) is 4.93. The number of rotatable bonds is 1. The van der Waals surface area contributed by atoms with E-state index in [1.807, 2.05) is 6.07 Å². The summed E-state index contributed by atoms with van der Waals surface area (Å²) in [5.74, 6) is 1.56.